The fourth-order valence-corrected chi connectivity index (χ4v) is 3.40. The molecule has 2 rings (SSSR count). The Bertz CT molecular complexity index is 368. The number of hydrogen-bond donors (Lipinski definition) is 1. The van der Waals surface area contributed by atoms with Crippen molar-refractivity contribution in [2.24, 2.45) is 5.92 Å². The quantitative estimate of drug-likeness (QED) is 0.828. The van der Waals surface area contributed by atoms with Gasteiger partial charge in [-0.15, -0.1) is 11.3 Å². The van der Waals surface area contributed by atoms with Crippen molar-refractivity contribution in [1.82, 2.24) is 10.3 Å². The van der Waals surface area contributed by atoms with Gasteiger partial charge in [0.1, 0.15) is 0 Å². The molecule has 96 valence electrons. The van der Waals surface area contributed by atoms with Crippen molar-refractivity contribution in [2.45, 2.75) is 65.5 Å². The predicted molar refractivity (Wildman–Crippen MR) is 74.6 cm³/mol. The van der Waals surface area contributed by atoms with Crippen molar-refractivity contribution in [2.75, 3.05) is 0 Å². The molecule has 2 atom stereocenters. The minimum atomic E-state index is 0.392. The Balaban J connectivity index is 1.94. The SMILES string of the molecule is CCC(CC1CC1)NC(C)c1nc(C)sc1C. The van der Waals surface area contributed by atoms with Crippen LogP contribution < -0.4 is 5.32 Å². The van der Waals surface area contributed by atoms with E-state index in [0.717, 1.165) is 5.92 Å². The molecule has 0 amide bonds. The fraction of sp³-hybridized carbons (Fsp3) is 0.786. The van der Waals surface area contributed by atoms with Crippen LogP contribution in [-0.2, 0) is 0 Å². The third-order valence-corrected chi connectivity index (χ3v) is 4.54. The van der Waals surface area contributed by atoms with Crippen molar-refractivity contribution in [3.8, 4) is 0 Å². The molecule has 0 radical (unpaired) electrons. The maximum atomic E-state index is 4.65. The van der Waals surface area contributed by atoms with Gasteiger partial charge in [-0.3, -0.25) is 0 Å². The van der Waals surface area contributed by atoms with E-state index in [1.54, 1.807) is 0 Å². The Labute approximate surface area is 109 Å². The maximum Gasteiger partial charge on any atom is 0.0900 e. The van der Waals surface area contributed by atoms with Crippen LogP contribution in [0, 0.1) is 19.8 Å². The average molecular weight is 252 g/mol. The molecule has 3 heteroatoms. The van der Waals surface area contributed by atoms with Crippen LogP contribution in [0.1, 0.15) is 61.2 Å². The van der Waals surface area contributed by atoms with E-state index in [1.807, 2.05) is 11.3 Å². The van der Waals surface area contributed by atoms with Crippen molar-refractivity contribution in [3.63, 3.8) is 0 Å². The summed E-state index contributed by atoms with van der Waals surface area (Å²) in [6.07, 6.45) is 5.47. The van der Waals surface area contributed by atoms with Gasteiger partial charge in [0, 0.05) is 17.0 Å². The molecule has 17 heavy (non-hydrogen) atoms. The molecule has 1 saturated carbocycles. The summed E-state index contributed by atoms with van der Waals surface area (Å²) in [5.74, 6) is 0.998. The van der Waals surface area contributed by atoms with E-state index in [1.165, 1.54) is 41.3 Å². The molecule has 0 aliphatic heterocycles. The lowest BCUT2D eigenvalue weighted by molar-refractivity contribution is 0.400. The van der Waals surface area contributed by atoms with Crippen LogP contribution in [0.3, 0.4) is 0 Å². The van der Waals surface area contributed by atoms with Crippen LogP contribution in [0.2, 0.25) is 0 Å². The highest BCUT2D eigenvalue weighted by atomic mass is 32.1. The van der Waals surface area contributed by atoms with Crippen molar-refractivity contribution in [3.05, 3.63) is 15.6 Å². The molecule has 1 aliphatic rings. The first-order valence-corrected chi connectivity index (χ1v) is 7.61. The third kappa shape index (κ3) is 3.52. The topological polar surface area (TPSA) is 24.9 Å². The standard InChI is InChI=1S/C14H24N2S/c1-5-13(8-12-6-7-12)15-9(2)14-10(3)17-11(4)16-14/h9,12-13,15H,5-8H2,1-4H3. The van der Waals surface area contributed by atoms with Gasteiger partial charge >= 0.3 is 0 Å². The number of thiazole rings is 1. The van der Waals surface area contributed by atoms with Gasteiger partial charge in [0.2, 0.25) is 0 Å². The highest BCUT2D eigenvalue weighted by molar-refractivity contribution is 7.11. The lowest BCUT2D eigenvalue weighted by atomic mass is 10.1. The summed E-state index contributed by atoms with van der Waals surface area (Å²) in [6, 6.07) is 1.06. The number of hydrogen-bond acceptors (Lipinski definition) is 3. The van der Waals surface area contributed by atoms with E-state index in [0.29, 0.717) is 12.1 Å². The summed E-state index contributed by atoms with van der Waals surface area (Å²) < 4.78 is 0. The van der Waals surface area contributed by atoms with Gasteiger partial charge in [-0.25, -0.2) is 4.98 Å². The van der Waals surface area contributed by atoms with E-state index in [-0.39, 0.29) is 0 Å². The second-order valence-electron chi connectivity index (χ2n) is 5.35. The minimum Gasteiger partial charge on any atom is -0.306 e. The molecule has 1 heterocycles. The summed E-state index contributed by atoms with van der Waals surface area (Å²) in [5.41, 5.74) is 1.25. The molecule has 1 fully saturated rings. The van der Waals surface area contributed by atoms with Crippen LogP contribution >= 0.6 is 11.3 Å². The monoisotopic (exact) mass is 252 g/mol. The molecule has 2 nitrogen and oxygen atoms in total. The molecule has 0 bridgehead atoms. The molecule has 1 aromatic heterocycles. The van der Waals surface area contributed by atoms with Crippen molar-refractivity contribution >= 4 is 11.3 Å². The largest absolute Gasteiger partial charge is 0.306 e. The van der Waals surface area contributed by atoms with Crippen LogP contribution in [0.15, 0.2) is 0 Å². The van der Waals surface area contributed by atoms with E-state index in [9.17, 15) is 0 Å². The molecular weight excluding hydrogens is 228 g/mol. The summed E-state index contributed by atoms with van der Waals surface area (Å²) in [4.78, 5) is 6.01. The summed E-state index contributed by atoms with van der Waals surface area (Å²) in [5, 5.41) is 4.93. The van der Waals surface area contributed by atoms with Crippen molar-refractivity contribution in [1.29, 1.82) is 0 Å². The Morgan fingerprint density at radius 1 is 1.41 bits per heavy atom. The van der Waals surface area contributed by atoms with E-state index >= 15 is 0 Å². The van der Waals surface area contributed by atoms with Gasteiger partial charge in [-0.2, -0.15) is 0 Å². The highest BCUT2D eigenvalue weighted by Gasteiger charge is 2.26. The number of nitrogens with one attached hydrogen (secondary N) is 1. The number of aromatic nitrogens is 1. The number of rotatable bonds is 6. The summed E-state index contributed by atoms with van der Waals surface area (Å²) >= 11 is 1.81. The highest BCUT2D eigenvalue weighted by Crippen LogP contribution is 2.34. The number of aryl methyl sites for hydroxylation is 2. The normalized spacial score (nSPS) is 19.3. The van der Waals surface area contributed by atoms with Gasteiger partial charge in [0.05, 0.1) is 10.7 Å². The van der Waals surface area contributed by atoms with Crippen molar-refractivity contribution < 1.29 is 0 Å². The first-order chi connectivity index (χ1) is 8.10. The Morgan fingerprint density at radius 2 is 2.12 bits per heavy atom. The first kappa shape index (κ1) is 13.0. The van der Waals surface area contributed by atoms with E-state index < -0.39 is 0 Å². The molecule has 1 N–H and O–H groups in total. The molecular formula is C14H24N2S. The Kier molecular flexibility index (Phi) is 4.21. The van der Waals surface area contributed by atoms with Gasteiger partial charge in [0.15, 0.2) is 0 Å². The van der Waals surface area contributed by atoms with Gasteiger partial charge in [0.25, 0.3) is 0 Å². The Morgan fingerprint density at radius 3 is 2.59 bits per heavy atom. The van der Waals surface area contributed by atoms with E-state index in [2.05, 4.69) is 38.0 Å². The molecule has 0 spiro atoms. The Hall–Kier alpha value is -0.410. The predicted octanol–water partition coefficient (Wildman–Crippen LogP) is 3.99. The van der Waals surface area contributed by atoms with Gasteiger partial charge in [-0.05, 0) is 39.5 Å². The zero-order chi connectivity index (χ0) is 12.4. The average Bonchev–Trinajstić information content (AvgIpc) is 3.02. The maximum absolute atomic E-state index is 4.65. The molecule has 0 aromatic carbocycles. The zero-order valence-corrected chi connectivity index (χ0v) is 12.2. The smallest absolute Gasteiger partial charge is 0.0900 e. The second-order valence-corrected chi connectivity index (χ2v) is 6.75. The van der Waals surface area contributed by atoms with E-state index in [4.69, 9.17) is 0 Å². The zero-order valence-electron chi connectivity index (χ0n) is 11.4. The van der Waals surface area contributed by atoms with Crippen LogP contribution in [-0.4, -0.2) is 11.0 Å². The molecule has 1 aliphatic carbocycles. The molecule has 1 aromatic rings. The lowest BCUT2D eigenvalue weighted by Crippen LogP contribution is -2.31. The second kappa shape index (κ2) is 5.49. The van der Waals surface area contributed by atoms with Gasteiger partial charge < -0.3 is 5.32 Å². The molecule has 2 unspecified atom stereocenters. The molecule has 0 saturated heterocycles. The summed E-state index contributed by atoms with van der Waals surface area (Å²) in [6.45, 7) is 8.80. The number of nitrogens with zero attached hydrogens (tertiary/aromatic N) is 1. The first-order valence-electron chi connectivity index (χ1n) is 6.80. The fourth-order valence-electron chi connectivity index (χ4n) is 2.49. The van der Waals surface area contributed by atoms with Crippen LogP contribution in [0.25, 0.3) is 0 Å². The van der Waals surface area contributed by atoms with Crippen LogP contribution in [0.4, 0.5) is 0 Å². The summed E-state index contributed by atoms with van der Waals surface area (Å²) in [7, 11) is 0. The third-order valence-electron chi connectivity index (χ3n) is 3.64. The lowest BCUT2D eigenvalue weighted by Gasteiger charge is -2.21. The van der Waals surface area contributed by atoms with Crippen LogP contribution in [0.5, 0.6) is 0 Å². The minimum absolute atomic E-state index is 0.392. The van der Waals surface area contributed by atoms with Gasteiger partial charge in [-0.1, -0.05) is 19.8 Å².